The van der Waals surface area contributed by atoms with Crippen molar-refractivity contribution in [1.82, 2.24) is 5.32 Å². The zero-order chi connectivity index (χ0) is 12.1. The molecule has 0 aromatic heterocycles. The molecule has 1 aliphatic carbocycles. The van der Waals surface area contributed by atoms with Gasteiger partial charge in [-0.25, -0.2) is 4.39 Å². The van der Waals surface area contributed by atoms with Gasteiger partial charge < -0.3 is 5.32 Å². The number of benzene rings is 1. The molecule has 0 unspecified atom stereocenters. The Hall–Kier alpha value is -1.90. The Morgan fingerprint density at radius 3 is 2.59 bits per heavy atom. The maximum atomic E-state index is 12.7. The summed E-state index contributed by atoms with van der Waals surface area (Å²) in [6, 6.07) is 6.46. The van der Waals surface area contributed by atoms with E-state index in [2.05, 4.69) is 16.4 Å². The molecule has 0 radical (unpaired) electrons. The van der Waals surface area contributed by atoms with Crippen LogP contribution in [0.3, 0.4) is 0 Å². The third-order valence-electron chi connectivity index (χ3n) is 2.65. The molecule has 0 amide bonds. The van der Waals surface area contributed by atoms with E-state index in [1.165, 1.54) is 12.1 Å². The van der Waals surface area contributed by atoms with Crippen LogP contribution in [0.4, 0.5) is 4.39 Å². The monoisotopic (exact) mass is 230 g/mol. The number of hydrogen-bond donors (Lipinski definition) is 1. The molecule has 1 aromatic rings. The van der Waals surface area contributed by atoms with E-state index in [0.29, 0.717) is 6.54 Å². The van der Waals surface area contributed by atoms with Crippen molar-refractivity contribution in [2.45, 2.75) is 13.0 Å². The Morgan fingerprint density at radius 2 is 2.00 bits per heavy atom. The number of nitrogens with one attached hydrogen (secondary N) is 1. The van der Waals surface area contributed by atoms with E-state index in [4.69, 9.17) is 0 Å². The standard InChI is InChI=1S/C14H15FN2/c1-16-13-6-8-14(9-7-13)17-10-11-2-4-12(15)5-3-11/h2-8,16H,9-10H2,1H3. The number of allylic oxidation sites excluding steroid dienone is 3. The van der Waals surface area contributed by atoms with Crippen LogP contribution in [0.5, 0.6) is 0 Å². The predicted molar refractivity (Wildman–Crippen MR) is 68.4 cm³/mol. The molecule has 0 bridgehead atoms. The molecule has 0 heterocycles. The van der Waals surface area contributed by atoms with E-state index in [0.717, 1.165) is 23.4 Å². The lowest BCUT2D eigenvalue weighted by Gasteiger charge is -2.07. The number of likely N-dealkylation sites (N-methyl/N-ethyl adjacent to an activating group) is 1. The molecular weight excluding hydrogens is 215 g/mol. The molecule has 0 saturated carbocycles. The van der Waals surface area contributed by atoms with Crippen molar-refractivity contribution in [3.05, 3.63) is 59.6 Å². The first-order valence-corrected chi connectivity index (χ1v) is 5.61. The maximum absolute atomic E-state index is 12.7. The average molecular weight is 230 g/mol. The molecule has 17 heavy (non-hydrogen) atoms. The van der Waals surface area contributed by atoms with Gasteiger partial charge in [-0.2, -0.15) is 0 Å². The van der Waals surface area contributed by atoms with Crippen LogP contribution in [0.2, 0.25) is 0 Å². The minimum Gasteiger partial charge on any atom is -0.388 e. The van der Waals surface area contributed by atoms with Gasteiger partial charge in [0.25, 0.3) is 0 Å². The van der Waals surface area contributed by atoms with E-state index in [-0.39, 0.29) is 5.82 Å². The summed E-state index contributed by atoms with van der Waals surface area (Å²) >= 11 is 0. The van der Waals surface area contributed by atoms with Crippen molar-refractivity contribution in [1.29, 1.82) is 0 Å². The molecule has 3 heteroatoms. The zero-order valence-corrected chi connectivity index (χ0v) is 9.78. The molecule has 2 rings (SSSR count). The zero-order valence-electron chi connectivity index (χ0n) is 9.78. The highest BCUT2D eigenvalue weighted by Crippen LogP contribution is 2.08. The summed E-state index contributed by atoms with van der Waals surface area (Å²) in [5.41, 5.74) is 3.19. The largest absolute Gasteiger partial charge is 0.388 e. The van der Waals surface area contributed by atoms with Gasteiger partial charge in [-0.15, -0.1) is 0 Å². The number of aliphatic imine (C=N–C) groups is 1. The van der Waals surface area contributed by atoms with Crippen molar-refractivity contribution < 1.29 is 4.39 Å². The Bertz CT molecular complexity index is 470. The second kappa shape index (κ2) is 5.43. The molecule has 1 aliphatic rings. The van der Waals surface area contributed by atoms with Crippen molar-refractivity contribution in [3.63, 3.8) is 0 Å². The Labute approximate surface area is 101 Å². The minimum absolute atomic E-state index is 0.208. The lowest BCUT2D eigenvalue weighted by atomic mass is 10.1. The number of nitrogens with zero attached hydrogens (tertiary/aromatic N) is 1. The van der Waals surface area contributed by atoms with Gasteiger partial charge in [-0.05, 0) is 29.8 Å². The lowest BCUT2D eigenvalue weighted by Crippen LogP contribution is -2.08. The van der Waals surface area contributed by atoms with E-state index >= 15 is 0 Å². The van der Waals surface area contributed by atoms with Crippen LogP contribution in [0.1, 0.15) is 12.0 Å². The van der Waals surface area contributed by atoms with Gasteiger partial charge in [-0.1, -0.05) is 18.2 Å². The fourth-order valence-corrected chi connectivity index (χ4v) is 1.62. The highest BCUT2D eigenvalue weighted by Gasteiger charge is 2.00. The summed E-state index contributed by atoms with van der Waals surface area (Å²) in [5, 5.41) is 3.08. The van der Waals surface area contributed by atoms with Crippen molar-refractivity contribution >= 4 is 5.71 Å². The number of hydrogen-bond acceptors (Lipinski definition) is 2. The van der Waals surface area contributed by atoms with Gasteiger partial charge in [0.05, 0.1) is 6.54 Å². The first kappa shape index (κ1) is 11.6. The summed E-state index contributed by atoms with van der Waals surface area (Å²) in [4.78, 5) is 4.49. The van der Waals surface area contributed by atoms with Gasteiger partial charge in [0.1, 0.15) is 5.82 Å². The fraction of sp³-hybridized carbons (Fsp3) is 0.214. The van der Waals surface area contributed by atoms with Crippen LogP contribution in [-0.4, -0.2) is 12.8 Å². The van der Waals surface area contributed by atoms with Gasteiger partial charge in [0, 0.05) is 24.9 Å². The highest BCUT2D eigenvalue weighted by atomic mass is 19.1. The van der Waals surface area contributed by atoms with E-state index in [9.17, 15) is 4.39 Å². The molecule has 0 aliphatic heterocycles. The lowest BCUT2D eigenvalue weighted by molar-refractivity contribution is 0.627. The third-order valence-corrected chi connectivity index (χ3v) is 2.65. The number of halogens is 1. The first-order valence-electron chi connectivity index (χ1n) is 5.61. The summed E-state index contributed by atoms with van der Waals surface area (Å²) in [6.45, 7) is 0.600. The summed E-state index contributed by atoms with van der Waals surface area (Å²) in [5.74, 6) is -0.208. The Balaban J connectivity index is 1.96. The second-order valence-corrected chi connectivity index (χ2v) is 3.88. The maximum Gasteiger partial charge on any atom is 0.123 e. The molecular formula is C14H15FN2. The van der Waals surface area contributed by atoms with Crippen LogP contribution in [-0.2, 0) is 6.54 Å². The summed E-state index contributed by atoms with van der Waals surface area (Å²) in [6.07, 6.45) is 6.96. The molecule has 0 spiro atoms. The minimum atomic E-state index is -0.208. The quantitative estimate of drug-likeness (QED) is 0.848. The molecule has 0 atom stereocenters. The molecule has 2 nitrogen and oxygen atoms in total. The van der Waals surface area contributed by atoms with Crippen LogP contribution in [0.15, 0.2) is 53.2 Å². The number of rotatable bonds is 3. The summed E-state index contributed by atoms with van der Waals surface area (Å²) < 4.78 is 12.7. The average Bonchev–Trinajstić information content (AvgIpc) is 2.39. The van der Waals surface area contributed by atoms with Crippen molar-refractivity contribution in [2.75, 3.05) is 7.05 Å². The second-order valence-electron chi connectivity index (χ2n) is 3.88. The van der Waals surface area contributed by atoms with Gasteiger partial charge >= 0.3 is 0 Å². The van der Waals surface area contributed by atoms with E-state index in [1.807, 2.05) is 19.2 Å². The van der Waals surface area contributed by atoms with Crippen LogP contribution in [0, 0.1) is 5.82 Å². The van der Waals surface area contributed by atoms with Gasteiger partial charge in [-0.3, -0.25) is 4.99 Å². The normalized spacial score (nSPS) is 17.1. The van der Waals surface area contributed by atoms with E-state index < -0.39 is 0 Å². The SMILES string of the molecule is CNC1=CCC(=NCc2ccc(F)cc2)C=C1. The first-order chi connectivity index (χ1) is 8.28. The molecule has 1 N–H and O–H groups in total. The van der Waals surface area contributed by atoms with Crippen LogP contribution >= 0.6 is 0 Å². The predicted octanol–water partition coefficient (Wildman–Crippen LogP) is 2.83. The highest BCUT2D eigenvalue weighted by molar-refractivity contribution is 5.97. The van der Waals surface area contributed by atoms with Crippen molar-refractivity contribution in [3.8, 4) is 0 Å². The molecule has 0 fully saturated rings. The van der Waals surface area contributed by atoms with Crippen molar-refractivity contribution in [2.24, 2.45) is 4.99 Å². The van der Waals surface area contributed by atoms with Gasteiger partial charge in [0.2, 0.25) is 0 Å². The smallest absolute Gasteiger partial charge is 0.123 e. The topological polar surface area (TPSA) is 24.4 Å². The Morgan fingerprint density at radius 1 is 1.24 bits per heavy atom. The molecule has 88 valence electrons. The summed E-state index contributed by atoms with van der Waals surface area (Å²) in [7, 11) is 1.90. The molecule has 1 aromatic carbocycles. The van der Waals surface area contributed by atoms with Gasteiger partial charge in [0.15, 0.2) is 0 Å². The molecule has 0 saturated heterocycles. The van der Waals surface area contributed by atoms with Crippen LogP contribution < -0.4 is 5.32 Å². The third kappa shape index (κ3) is 3.28. The van der Waals surface area contributed by atoms with E-state index in [1.54, 1.807) is 12.1 Å². The fourth-order valence-electron chi connectivity index (χ4n) is 1.62. The Kier molecular flexibility index (Phi) is 3.70. The van der Waals surface area contributed by atoms with Crippen LogP contribution in [0.25, 0.3) is 0 Å².